The summed E-state index contributed by atoms with van der Waals surface area (Å²) in [5.74, 6) is 1.74. The molecule has 3 heterocycles. The molecule has 0 amide bonds. The number of hydrogen-bond acceptors (Lipinski definition) is 5. The van der Waals surface area contributed by atoms with Gasteiger partial charge in [-0.3, -0.25) is 0 Å². The molecule has 1 aliphatic carbocycles. The van der Waals surface area contributed by atoms with Gasteiger partial charge < -0.3 is 24.0 Å². The minimum atomic E-state index is -0.187. The van der Waals surface area contributed by atoms with Crippen molar-refractivity contribution >= 4 is 17.1 Å². The van der Waals surface area contributed by atoms with Gasteiger partial charge in [-0.2, -0.15) is 0 Å². The van der Waals surface area contributed by atoms with E-state index < -0.39 is 0 Å². The average Bonchev–Trinajstić information content (AvgIpc) is 3.50. The van der Waals surface area contributed by atoms with E-state index in [0.29, 0.717) is 13.2 Å². The number of aryl methyl sites for hydroxylation is 2. The van der Waals surface area contributed by atoms with Crippen molar-refractivity contribution in [2.24, 2.45) is 0 Å². The third-order valence-corrected chi connectivity index (χ3v) is 12.3. The van der Waals surface area contributed by atoms with Crippen LogP contribution in [-0.4, -0.2) is 62.9 Å². The van der Waals surface area contributed by atoms with Crippen LogP contribution in [0.2, 0.25) is 0 Å². The Morgan fingerprint density at radius 1 is 0.667 bits per heavy atom. The molecule has 6 nitrogen and oxygen atoms in total. The number of anilines is 2. The molecule has 1 saturated carbocycles. The Labute approximate surface area is 327 Å². The fraction of sp³-hybridized carbons (Fsp3) is 0.562. The molecule has 0 unspecified atom stereocenters. The number of unbranched alkanes of at least 4 members (excludes halogenated alkanes) is 2. The highest BCUT2D eigenvalue weighted by molar-refractivity contribution is 6.10. The highest BCUT2D eigenvalue weighted by Crippen LogP contribution is 2.52. The van der Waals surface area contributed by atoms with Crippen LogP contribution < -0.4 is 19.3 Å². The Morgan fingerprint density at radius 2 is 1.15 bits per heavy atom. The lowest BCUT2D eigenvalue weighted by atomic mass is 9.81. The quantitative estimate of drug-likeness (QED) is 0.160. The highest BCUT2D eigenvalue weighted by atomic mass is 16.5. The third kappa shape index (κ3) is 7.70. The summed E-state index contributed by atoms with van der Waals surface area (Å²) in [7, 11) is 0. The van der Waals surface area contributed by atoms with Crippen molar-refractivity contribution in [3.63, 3.8) is 0 Å². The summed E-state index contributed by atoms with van der Waals surface area (Å²) in [6.45, 7) is 29.6. The van der Waals surface area contributed by atoms with Crippen LogP contribution in [0.1, 0.15) is 123 Å². The second-order valence-corrected chi connectivity index (χ2v) is 16.7. The van der Waals surface area contributed by atoms with Crippen molar-refractivity contribution in [2.45, 2.75) is 125 Å². The molecule has 0 aromatic heterocycles. The highest BCUT2D eigenvalue weighted by Gasteiger charge is 2.42. The first-order chi connectivity index (χ1) is 26.0. The van der Waals surface area contributed by atoms with Crippen LogP contribution in [-0.2, 0) is 15.6 Å². The first-order valence-corrected chi connectivity index (χ1v) is 21.1. The van der Waals surface area contributed by atoms with E-state index in [4.69, 9.17) is 14.2 Å². The lowest BCUT2D eigenvalue weighted by molar-refractivity contribution is -0.548. The number of allylic oxidation sites excluding steroid dienone is 8. The number of likely N-dealkylation sites (N-methyl/N-ethyl adjacent to an activating group) is 2. The zero-order chi connectivity index (χ0) is 38.6. The zero-order valence-electron chi connectivity index (χ0n) is 35.3. The van der Waals surface area contributed by atoms with Crippen LogP contribution in [0.15, 0.2) is 71.1 Å². The fourth-order valence-corrected chi connectivity index (χ4v) is 8.95. The SMILES string of the molecule is CCCCOc1cc2c(cc1OCCCC)C(C)(C)/C(=C/C=C1\CCCC(=CC=C3N(CC)c4cc(C)c(C)cc4C3(C)C)C1=[N+]1CCOCC1)N2CC. The zero-order valence-corrected chi connectivity index (χ0v) is 35.3. The van der Waals surface area contributed by atoms with Gasteiger partial charge in [0.25, 0.3) is 0 Å². The normalized spacial score (nSPS) is 22.2. The maximum absolute atomic E-state index is 6.39. The molecule has 3 aliphatic heterocycles. The van der Waals surface area contributed by atoms with E-state index in [9.17, 15) is 0 Å². The number of fused-ring (bicyclic) bond motifs is 2. The Hall–Kier alpha value is -3.77. The minimum absolute atomic E-state index is 0.0633. The second kappa shape index (κ2) is 16.9. The van der Waals surface area contributed by atoms with Crippen LogP contribution in [0, 0.1) is 13.8 Å². The first-order valence-electron chi connectivity index (χ1n) is 21.1. The van der Waals surface area contributed by atoms with E-state index in [1.54, 1.807) is 0 Å². The van der Waals surface area contributed by atoms with E-state index in [1.165, 1.54) is 61.9 Å². The van der Waals surface area contributed by atoms with Gasteiger partial charge in [-0.25, -0.2) is 4.58 Å². The lowest BCUT2D eigenvalue weighted by Crippen LogP contribution is -2.36. The van der Waals surface area contributed by atoms with Gasteiger partial charge in [-0.15, -0.1) is 0 Å². The van der Waals surface area contributed by atoms with Gasteiger partial charge >= 0.3 is 0 Å². The van der Waals surface area contributed by atoms with Crippen LogP contribution >= 0.6 is 0 Å². The predicted octanol–water partition coefficient (Wildman–Crippen LogP) is 10.9. The maximum atomic E-state index is 6.39. The Morgan fingerprint density at radius 3 is 1.67 bits per heavy atom. The van der Waals surface area contributed by atoms with E-state index in [2.05, 4.69) is 132 Å². The fourth-order valence-electron chi connectivity index (χ4n) is 8.95. The number of ether oxygens (including phenoxy) is 3. The molecule has 0 atom stereocenters. The third-order valence-electron chi connectivity index (χ3n) is 12.3. The van der Waals surface area contributed by atoms with Crippen molar-refractivity contribution in [1.82, 2.24) is 0 Å². The number of benzene rings is 2. The molecular formula is C48H68N3O3+. The maximum Gasteiger partial charge on any atom is 0.206 e. The van der Waals surface area contributed by atoms with Gasteiger partial charge in [-0.1, -0.05) is 72.6 Å². The molecule has 0 bridgehead atoms. The van der Waals surface area contributed by atoms with Crippen molar-refractivity contribution in [1.29, 1.82) is 0 Å². The summed E-state index contributed by atoms with van der Waals surface area (Å²) in [5.41, 5.74) is 14.8. The van der Waals surface area contributed by atoms with Crippen molar-refractivity contribution < 1.29 is 18.8 Å². The molecule has 1 saturated heterocycles. The summed E-state index contributed by atoms with van der Waals surface area (Å²) < 4.78 is 21.2. The van der Waals surface area contributed by atoms with Gasteiger partial charge in [0.15, 0.2) is 24.6 Å². The molecular weight excluding hydrogens is 667 g/mol. The molecule has 0 spiro atoms. The second-order valence-electron chi connectivity index (χ2n) is 16.7. The number of nitrogens with zero attached hydrogens (tertiary/aromatic N) is 3. The molecule has 6 heteroatoms. The molecule has 0 N–H and O–H groups in total. The Balaban J connectivity index is 1.40. The van der Waals surface area contributed by atoms with Crippen LogP contribution in [0.4, 0.5) is 11.4 Å². The molecule has 292 valence electrons. The number of morpholine rings is 1. The molecule has 2 aromatic rings. The first kappa shape index (κ1) is 39.9. The van der Waals surface area contributed by atoms with Crippen LogP contribution in [0.5, 0.6) is 11.5 Å². The van der Waals surface area contributed by atoms with Crippen molar-refractivity contribution in [3.8, 4) is 11.5 Å². The molecule has 54 heavy (non-hydrogen) atoms. The Bertz CT molecular complexity index is 1850. The van der Waals surface area contributed by atoms with Crippen molar-refractivity contribution in [3.05, 3.63) is 93.4 Å². The standard InChI is InChI=1S/C48H68N3O3/c1-11-15-26-53-42-32-39-41(33-43(42)54-27-16-12-2)51(14-4)45(48(39,9)10)23-21-37-19-17-18-36(46(37)49-24-28-52-29-25-49)20-22-44-47(7,8)38-30-34(5)35(6)31-40(38)50(44)13-3/h20-23,30-33H,11-19,24-29H2,1-10H3/q+1. The molecule has 0 radical (unpaired) electrons. The number of hydrogen-bond donors (Lipinski definition) is 0. The van der Waals surface area contributed by atoms with Crippen molar-refractivity contribution in [2.75, 3.05) is 62.4 Å². The molecule has 6 rings (SSSR count). The van der Waals surface area contributed by atoms with Gasteiger partial charge in [0, 0.05) is 63.9 Å². The summed E-state index contributed by atoms with van der Waals surface area (Å²) in [6.07, 6.45) is 17.4. The Kier molecular flexibility index (Phi) is 12.5. The molecule has 2 aromatic carbocycles. The van der Waals surface area contributed by atoms with E-state index in [-0.39, 0.29) is 10.8 Å². The van der Waals surface area contributed by atoms with E-state index >= 15 is 0 Å². The summed E-state index contributed by atoms with van der Waals surface area (Å²) in [6, 6.07) is 9.34. The van der Waals surface area contributed by atoms with Gasteiger partial charge in [-0.05, 0) is 106 Å². The van der Waals surface area contributed by atoms with Crippen LogP contribution in [0.25, 0.3) is 0 Å². The van der Waals surface area contributed by atoms with Gasteiger partial charge in [0.2, 0.25) is 5.71 Å². The average molecular weight is 735 g/mol. The topological polar surface area (TPSA) is 37.2 Å². The minimum Gasteiger partial charge on any atom is -0.490 e. The van der Waals surface area contributed by atoms with Gasteiger partial charge in [0.05, 0.1) is 13.2 Å². The number of rotatable bonds is 12. The van der Waals surface area contributed by atoms with E-state index in [1.807, 2.05) is 0 Å². The lowest BCUT2D eigenvalue weighted by Gasteiger charge is -2.27. The molecule has 4 aliphatic rings. The largest absolute Gasteiger partial charge is 0.490 e. The summed E-state index contributed by atoms with van der Waals surface area (Å²) in [4.78, 5) is 5.03. The summed E-state index contributed by atoms with van der Waals surface area (Å²) >= 11 is 0. The summed E-state index contributed by atoms with van der Waals surface area (Å²) in [5, 5.41) is 0. The van der Waals surface area contributed by atoms with Crippen LogP contribution in [0.3, 0.4) is 0 Å². The monoisotopic (exact) mass is 735 g/mol. The van der Waals surface area contributed by atoms with E-state index in [0.717, 1.165) is 95.8 Å². The smallest absolute Gasteiger partial charge is 0.206 e. The molecule has 2 fully saturated rings. The van der Waals surface area contributed by atoms with Gasteiger partial charge in [0.1, 0.15) is 13.2 Å². The predicted molar refractivity (Wildman–Crippen MR) is 227 cm³/mol.